The van der Waals surface area contributed by atoms with E-state index in [-0.39, 0.29) is 22.6 Å². The van der Waals surface area contributed by atoms with Crippen LogP contribution in [0.25, 0.3) is 0 Å². The zero-order valence-corrected chi connectivity index (χ0v) is 16.0. The van der Waals surface area contributed by atoms with Gasteiger partial charge in [0.05, 0.1) is 11.6 Å². The lowest BCUT2D eigenvalue weighted by Gasteiger charge is -2.55. The average molecular weight is 332 g/mol. The van der Waals surface area contributed by atoms with Crippen LogP contribution in [-0.4, -0.2) is 27.7 Å². The fourth-order valence-electron chi connectivity index (χ4n) is 4.04. The van der Waals surface area contributed by atoms with Crippen LogP contribution in [0.3, 0.4) is 0 Å². The number of carbonyl (C=O) groups is 1. The van der Waals surface area contributed by atoms with E-state index in [9.17, 15) is 9.90 Å². The summed E-state index contributed by atoms with van der Waals surface area (Å²) in [5, 5.41) is 13.6. The fourth-order valence-corrected chi connectivity index (χ4v) is 4.04. The molecule has 0 radical (unpaired) electrons. The molecule has 1 aromatic carbocycles. The van der Waals surface area contributed by atoms with E-state index in [1.807, 2.05) is 12.1 Å². The van der Waals surface area contributed by atoms with Gasteiger partial charge in [-0.3, -0.25) is 4.84 Å². The molecule has 0 bridgehead atoms. The molecule has 1 aromatic rings. The van der Waals surface area contributed by atoms with Gasteiger partial charge in [-0.15, -0.1) is 0 Å². The minimum absolute atomic E-state index is 0.156. The number of aromatic carboxylic acids is 1. The smallest absolute Gasteiger partial charge is 0.0816 e. The van der Waals surface area contributed by atoms with Gasteiger partial charge in [-0.1, -0.05) is 24.3 Å². The van der Waals surface area contributed by atoms with Gasteiger partial charge in [-0.05, 0) is 72.8 Å². The largest absolute Gasteiger partial charge is 0.545 e. The van der Waals surface area contributed by atoms with E-state index in [1.165, 1.54) is 0 Å². The molecule has 0 saturated carbocycles. The summed E-state index contributed by atoms with van der Waals surface area (Å²) >= 11 is 0. The number of hydroxylamine groups is 2. The molecule has 4 heteroatoms. The van der Waals surface area contributed by atoms with E-state index >= 15 is 0 Å². The highest BCUT2D eigenvalue weighted by Crippen LogP contribution is 2.47. The minimum atomic E-state index is -1.10. The van der Waals surface area contributed by atoms with Gasteiger partial charge in [0.25, 0.3) is 0 Å². The third-order valence-electron chi connectivity index (χ3n) is 4.58. The number of piperidine rings is 1. The lowest BCUT2D eigenvalue weighted by Crippen LogP contribution is -2.61. The number of rotatable bonds is 3. The van der Waals surface area contributed by atoms with Crippen LogP contribution in [0.1, 0.15) is 83.1 Å². The summed E-state index contributed by atoms with van der Waals surface area (Å²) in [7, 11) is 0. The Hall–Kier alpha value is -1.39. The van der Waals surface area contributed by atoms with Gasteiger partial charge in [0, 0.05) is 16.6 Å². The second-order valence-corrected chi connectivity index (χ2v) is 9.10. The molecule has 0 atom stereocenters. The number of benzene rings is 1. The Labute approximate surface area is 145 Å². The monoisotopic (exact) mass is 332 g/mol. The number of carboxylic acids is 1. The summed E-state index contributed by atoms with van der Waals surface area (Å²) in [6.07, 6.45) is 1.66. The molecule has 1 heterocycles. The highest BCUT2D eigenvalue weighted by molar-refractivity contribution is 5.87. The van der Waals surface area contributed by atoms with Crippen molar-refractivity contribution in [2.45, 2.75) is 83.9 Å². The summed E-state index contributed by atoms with van der Waals surface area (Å²) in [4.78, 5) is 17.8. The second-order valence-electron chi connectivity index (χ2n) is 9.10. The molecular weight excluding hydrogens is 302 g/mol. The van der Waals surface area contributed by atoms with Crippen molar-refractivity contribution in [2.75, 3.05) is 0 Å². The summed E-state index contributed by atoms with van der Waals surface area (Å²) in [6.45, 7) is 14.8. The van der Waals surface area contributed by atoms with Crippen molar-refractivity contribution in [2.24, 2.45) is 0 Å². The number of carbonyl (C=O) groups excluding carboxylic acids is 1. The van der Waals surface area contributed by atoms with Gasteiger partial charge >= 0.3 is 0 Å². The van der Waals surface area contributed by atoms with Crippen molar-refractivity contribution >= 4 is 5.97 Å². The van der Waals surface area contributed by atoms with E-state index in [4.69, 9.17) is 4.84 Å². The number of hydrogen-bond acceptors (Lipinski definition) is 4. The predicted octanol–water partition coefficient (Wildman–Crippen LogP) is 3.52. The van der Waals surface area contributed by atoms with Gasteiger partial charge in [0.15, 0.2) is 0 Å². The van der Waals surface area contributed by atoms with E-state index in [1.54, 1.807) is 12.1 Å². The molecule has 1 fully saturated rings. The summed E-state index contributed by atoms with van der Waals surface area (Å²) in [6, 6.07) is 7.22. The van der Waals surface area contributed by atoms with Crippen LogP contribution in [0.2, 0.25) is 0 Å². The lowest BCUT2D eigenvalue weighted by atomic mass is 9.72. The highest BCUT2D eigenvalue weighted by Gasteiger charge is 2.48. The maximum Gasteiger partial charge on any atom is 0.0816 e. The molecule has 134 valence electrons. The van der Waals surface area contributed by atoms with Gasteiger partial charge in [-0.25, -0.2) is 0 Å². The molecular formula is C20H30NO3-. The van der Waals surface area contributed by atoms with E-state index < -0.39 is 5.97 Å². The molecule has 2 rings (SSSR count). The molecule has 0 unspecified atom stereocenters. The predicted molar refractivity (Wildman–Crippen MR) is 93.6 cm³/mol. The molecule has 0 N–H and O–H groups in total. The van der Waals surface area contributed by atoms with Crippen molar-refractivity contribution in [3.63, 3.8) is 0 Å². The Morgan fingerprint density at radius 2 is 1.62 bits per heavy atom. The van der Waals surface area contributed by atoms with Crippen LogP contribution in [0, 0.1) is 0 Å². The molecule has 0 aromatic heterocycles. The molecule has 24 heavy (non-hydrogen) atoms. The minimum Gasteiger partial charge on any atom is -0.545 e. The number of hydrogen-bond donors (Lipinski definition) is 0. The van der Waals surface area contributed by atoms with Crippen molar-refractivity contribution in [1.29, 1.82) is 0 Å². The normalized spacial score (nSPS) is 21.6. The molecule has 0 amide bonds. The Morgan fingerprint density at radius 3 is 2.08 bits per heavy atom. The van der Waals surface area contributed by atoms with Crippen LogP contribution in [0.5, 0.6) is 0 Å². The van der Waals surface area contributed by atoms with E-state index in [0.29, 0.717) is 5.56 Å². The first kappa shape index (κ1) is 18.9. The van der Waals surface area contributed by atoms with Crippen molar-refractivity contribution in [3.05, 3.63) is 35.4 Å². The quantitative estimate of drug-likeness (QED) is 0.850. The van der Waals surface area contributed by atoms with Crippen LogP contribution < -0.4 is 5.11 Å². The maximum absolute atomic E-state index is 11.5. The van der Waals surface area contributed by atoms with Crippen LogP contribution in [-0.2, 0) is 4.84 Å². The molecule has 4 nitrogen and oxygen atoms in total. The first-order valence-electron chi connectivity index (χ1n) is 8.63. The highest BCUT2D eigenvalue weighted by atomic mass is 16.7. The first-order chi connectivity index (χ1) is 10.8. The van der Waals surface area contributed by atoms with Crippen molar-refractivity contribution < 1.29 is 14.7 Å². The third kappa shape index (κ3) is 3.98. The Morgan fingerprint density at radius 1 is 1.12 bits per heavy atom. The van der Waals surface area contributed by atoms with Gasteiger partial charge in [0.1, 0.15) is 0 Å². The van der Waals surface area contributed by atoms with Gasteiger partial charge in [-0.2, -0.15) is 5.06 Å². The number of carboxylic acid groups (broad SMARTS) is 1. The Kier molecular flexibility index (Phi) is 4.86. The molecule has 0 aliphatic carbocycles. The zero-order valence-electron chi connectivity index (χ0n) is 16.0. The summed E-state index contributed by atoms with van der Waals surface area (Å²) < 4.78 is 0. The second kappa shape index (κ2) is 6.16. The Balaban J connectivity index is 2.38. The first-order valence-corrected chi connectivity index (χ1v) is 8.63. The summed E-state index contributed by atoms with van der Waals surface area (Å²) in [5.74, 6) is -0.946. The maximum atomic E-state index is 11.5. The lowest BCUT2D eigenvalue weighted by molar-refractivity contribution is -0.326. The fraction of sp³-hybridized carbons (Fsp3) is 0.650. The molecule has 0 spiro atoms. The Bertz CT molecular complexity index is 596. The van der Waals surface area contributed by atoms with Crippen LogP contribution >= 0.6 is 0 Å². The standard InChI is InChI=1S/C20H31NO3/c1-18(2,3)24-21-19(4,5)12-14(13-20(21,6)7)15-10-8-9-11-16(15)17(22)23/h8-11,14H,12-13H2,1-7H3,(H,22,23)/p-1. The third-order valence-corrected chi connectivity index (χ3v) is 4.58. The van der Waals surface area contributed by atoms with E-state index in [0.717, 1.165) is 18.4 Å². The molecule has 1 saturated heterocycles. The average Bonchev–Trinajstić information content (AvgIpc) is 2.41. The van der Waals surface area contributed by atoms with E-state index in [2.05, 4.69) is 53.5 Å². The topological polar surface area (TPSA) is 52.6 Å². The summed E-state index contributed by atoms with van der Waals surface area (Å²) in [5.41, 5.74) is 0.482. The van der Waals surface area contributed by atoms with Crippen molar-refractivity contribution in [1.82, 2.24) is 5.06 Å². The molecule has 1 aliphatic rings. The van der Waals surface area contributed by atoms with Gasteiger partial charge in [0.2, 0.25) is 0 Å². The molecule has 1 aliphatic heterocycles. The van der Waals surface area contributed by atoms with Gasteiger partial charge < -0.3 is 9.90 Å². The number of nitrogens with zero attached hydrogens (tertiary/aromatic N) is 1. The zero-order chi connectivity index (χ0) is 18.3. The SMILES string of the molecule is CC(C)(C)ON1C(C)(C)CC(c2ccccc2C(=O)[O-])CC1(C)C. The van der Waals surface area contributed by atoms with Crippen LogP contribution in [0.4, 0.5) is 0 Å². The van der Waals surface area contributed by atoms with Crippen molar-refractivity contribution in [3.8, 4) is 0 Å². The van der Waals surface area contributed by atoms with Crippen LogP contribution in [0.15, 0.2) is 24.3 Å².